The van der Waals surface area contributed by atoms with Crippen molar-refractivity contribution < 1.29 is 4.74 Å². The molecule has 0 aromatic carbocycles. The molecule has 0 rings (SSSR count). The Labute approximate surface area is 81.3 Å². The minimum Gasteiger partial charge on any atom is -0.385 e. The third-order valence-corrected chi connectivity index (χ3v) is 3.58. The summed E-state index contributed by atoms with van der Waals surface area (Å²) in [7, 11) is 1.77. The molecule has 0 aliphatic carbocycles. The maximum Gasteiger partial charge on any atom is 0.0475 e. The summed E-state index contributed by atoms with van der Waals surface area (Å²) in [6.07, 6.45) is 2.39. The van der Waals surface area contributed by atoms with E-state index >= 15 is 0 Å². The van der Waals surface area contributed by atoms with Gasteiger partial charge in [-0.3, -0.25) is 0 Å². The van der Waals surface area contributed by atoms with E-state index in [0.29, 0.717) is 4.75 Å². The van der Waals surface area contributed by atoms with Gasteiger partial charge in [0, 0.05) is 23.7 Å². The second-order valence-corrected chi connectivity index (χ2v) is 5.98. The number of hydrogen-bond acceptors (Lipinski definition) is 2. The molecule has 0 bridgehead atoms. The number of methoxy groups -OCH3 is 1. The van der Waals surface area contributed by atoms with Gasteiger partial charge in [0.05, 0.1) is 0 Å². The second-order valence-electron chi connectivity index (χ2n) is 3.84. The standard InChI is InChI=1S/C10H22OS/c1-6-9(2)12-10(3,4)7-8-11-5/h9H,6-8H2,1-5H3. The van der Waals surface area contributed by atoms with Crippen molar-refractivity contribution >= 4 is 11.8 Å². The lowest BCUT2D eigenvalue weighted by atomic mass is 10.1. The normalized spacial score (nSPS) is 14.8. The van der Waals surface area contributed by atoms with E-state index < -0.39 is 0 Å². The van der Waals surface area contributed by atoms with Crippen molar-refractivity contribution in [2.24, 2.45) is 0 Å². The van der Waals surface area contributed by atoms with Crippen molar-refractivity contribution in [1.82, 2.24) is 0 Å². The quantitative estimate of drug-likeness (QED) is 0.635. The Hall–Kier alpha value is 0.310. The summed E-state index contributed by atoms with van der Waals surface area (Å²) >= 11 is 2.06. The average Bonchev–Trinajstić information content (AvgIpc) is 2.00. The lowest BCUT2D eigenvalue weighted by Crippen LogP contribution is -2.20. The smallest absolute Gasteiger partial charge is 0.0475 e. The van der Waals surface area contributed by atoms with Gasteiger partial charge >= 0.3 is 0 Å². The molecular weight excluding hydrogens is 168 g/mol. The fourth-order valence-electron chi connectivity index (χ4n) is 1.03. The molecule has 0 fully saturated rings. The largest absolute Gasteiger partial charge is 0.385 e. The van der Waals surface area contributed by atoms with Gasteiger partial charge in [-0.05, 0) is 12.8 Å². The molecule has 74 valence electrons. The van der Waals surface area contributed by atoms with Gasteiger partial charge in [-0.2, -0.15) is 11.8 Å². The summed E-state index contributed by atoms with van der Waals surface area (Å²) in [6.45, 7) is 9.99. The summed E-state index contributed by atoms with van der Waals surface area (Å²) in [5, 5.41) is 0.761. The first-order chi connectivity index (χ1) is 5.52. The van der Waals surface area contributed by atoms with Gasteiger partial charge in [-0.25, -0.2) is 0 Å². The fourth-order valence-corrected chi connectivity index (χ4v) is 2.49. The molecule has 0 saturated heterocycles. The van der Waals surface area contributed by atoms with Gasteiger partial charge in [-0.1, -0.05) is 27.7 Å². The van der Waals surface area contributed by atoms with E-state index in [0.717, 1.165) is 18.3 Å². The molecule has 1 unspecified atom stereocenters. The van der Waals surface area contributed by atoms with Crippen LogP contribution in [0.3, 0.4) is 0 Å². The van der Waals surface area contributed by atoms with Crippen LogP contribution >= 0.6 is 11.8 Å². The molecule has 0 aromatic rings. The zero-order valence-electron chi connectivity index (χ0n) is 9.02. The van der Waals surface area contributed by atoms with E-state index in [4.69, 9.17) is 4.74 Å². The maximum absolute atomic E-state index is 5.08. The van der Waals surface area contributed by atoms with Crippen molar-refractivity contribution in [3.63, 3.8) is 0 Å². The first kappa shape index (κ1) is 12.3. The molecule has 0 aromatic heterocycles. The Morgan fingerprint density at radius 1 is 1.42 bits per heavy atom. The van der Waals surface area contributed by atoms with Gasteiger partial charge in [-0.15, -0.1) is 0 Å². The van der Waals surface area contributed by atoms with E-state index in [2.05, 4.69) is 39.5 Å². The Bertz CT molecular complexity index is 112. The Balaban J connectivity index is 3.69. The molecule has 12 heavy (non-hydrogen) atoms. The van der Waals surface area contributed by atoms with Crippen LogP contribution in [0, 0.1) is 0 Å². The molecule has 0 heterocycles. The predicted molar refractivity (Wildman–Crippen MR) is 57.9 cm³/mol. The molecule has 0 amide bonds. The lowest BCUT2D eigenvalue weighted by molar-refractivity contribution is 0.187. The van der Waals surface area contributed by atoms with Crippen LogP contribution in [0.15, 0.2) is 0 Å². The van der Waals surface area contributed by atoms with Gasteiger partial charge in [0.2, 0.25) is 0 Å². The van der Waals surface area contributed by atoms with Gasteiger partial charge in [0.25, 0.3) is 0 Å². The highest BCUT2D eigenvalue weighted by atomic mass is 32.2. The van der Waals surface area contributed by atoms with Crippen LogP contribution in [0.1, 0.15) is 40.5 Å². The Morgan fingerprint density at radius 3 is 2.42 bits per heavy atom. The van der Waals surface area contributed by atoms with E-state index in [1.807, 2.05) is 0 Å². The van der Waals surface area contributed by atoms with Crippen LogP contribution < -0.4 is 0 Å². The Morgan fingerprint density at radius 2 is 2.00 bits per heavy atom. The third-order valence-electron chi connectivity index (χ3n) is 2.00. The highest BCUT2D eigenvalue weighted by molar-refractivity contribution is 8.01. The number of hydrogen-bond donors (Lipinski definition) is 0. The average molecular weight is 190 g/mol. The van der Waals surface area contributed by atoms with Crippen LogP contribution in [-0.4, -0.2) is 23.7 Å². The molecule has 1 nitrogen and oxygen atoms in total. The SMILES string of the molecule is CCC(C)SC(C)(C)CCOC. The highest BCUT2D eigenvalue weighted by Crippen LogP contribution is 2.32. The van der Waals surface area contributed by atoms with Crippen LogP contribution in [0.25, 0.3) is 0 Å². The summed E-state index contributed by atoms with van der Waals surface area (Å²) in [6, 6.07) is 0. The van der Waals surface area contributed by atoms with Crippen molar-refractivity contribution in [3.05, 3.63) is 0 Å². The molecule has 2 heteroatoms. The van der Waals surface area contributed by atoms with Crippen LogP contribution in [0.2, 0.25) is 0 Å². The first-order valence-electron chi connectivity index (χ1n) is 4.68. The highest BCUT2D eigenvalue weighted by Gasteiger charge is 2.20. The van der Waals surface area contributed by atoms with Crippen LogP contribution in [-0.2, 0) is 4.74 Å². The summed E-state index contributed by atoms with van der Waals surface area (Å²) in [5.41, 5.74) is 0. The first-order valence-corrected chi connectivity index (χ1v) is 5.56. The second kappa shape index (κ2) is 5.87. The molecule has 0 N–H and O–H groups in total. The lowest BCUT2D eigenvalue weighted by Gasteiger charge is -2.26. The predicted octanol–water partition coefficient (Wildman–Crippen LogP) is 3.33. The summed E-state index contributed by atoms with van der Waals surface area (Å²) in [5.74, 6) is 0. The number of rotatable bonds is 6. The van der Waals surface area contributed by atoms with Crippen molar-refractivity contribution in [2.75, 3.05) is 13.7 Å². The van der Waals surface area contributed by atoms with E-state index in [9.17, 15) is 0 Å². The van der Waals surface area contributed by atoms with E-state index in [-0.39, 0.29) is 0 Å². The van der Waals surface area contributed by atoms with Gasteiger partial charge < -0.3 is 4.74 Å². The van der Waals surface area contributed by atoms with Crippen molar-refractivity contribution in [2.45, 2.75) is 50.5 Å². The molecule has 0 saturated carbocycles. The van der Waals surface area contributed by atoms with E-state index in [1.54, 1.807) is 7.11 Å². The number of ether oxygens (including phenoxy) is 1. The third kappa shape index (κ3) is 5.90. The van der Waals surface area contributed by atoms with Crippen molar-refractivity contribution in [3.8, 4) is 0 Å². The molecule has 0 aliphatic rings. The van der Waals surface area contributed by atoms with Gasteiger partial charge in [0.1, 0.15) is 0 Å². The van der Waals surface area contributed by atoms with Crippen LogP contribution in [0.5, 0.6) is 0 Å². The molecular formula is C10H22OS. The zero-order chi connectivity index (χ0) is 9.61. The monoisotopic (exact) mass is 190 g/mol. The van der Waals surface area contributed by atoms with Crippen molar-refractivity contribution in [1.29, 1.82) is 0 Å². The topological polar surface area (TPSA) is 9.23 Å². The number of thioether (sulfide) groups is 1. The molecule has 0 spiro atoms. The minimum atomic E-state index is 0.367. The Kier molecular flexibility index (Phi) is 6.02. The summed E-state index contributed by atoms with van der Waals surface area (Å²) < 4.78 is 5.45. The van der Waals surface area contributed by atoms with Crippen LogP contribution in [0.4, 0.5) is 0 Å². The molecule has 1 atom stereocenters. The van der Waals surface area contributed by atoms with E-state index in [1.165, 1.54) is 6.42 Å². The fraction of sp³-hybridized carbons (Fsp3) is 1.00. The molecule has 0 aliphatic heterocycles. The summed E-state index contributed by atoms with van der Waals surface area (Å²) in [4.78, 5) is 0. The maximum atomic E-state index is 5.08. The van der Waals surface area contributed by atoms with Gasteiger partial charge in [0.15, 0.2) is 0 Å². The minimum absolute atomic E-state index is 0.367. The zero-order valence-corrected chi connectivity index (χ0v) is 9.83. The molecule has 0 radical (unpaired) electrons.